The summed E-state index contributed by atoms with van der Waals surface area (Å²) in [6, 6.07) is 8.29. The summed E-state index contributed by atoms with van der Waals surface area (Å²) in [6.07, 6.45) is 0.717. The molecular formula is C14H18ClN5. The van der Waals surface area contributed by atoms with Crippen molar-refractivity contribution in [3.8, 4) is 0 Å². The number of hydrogen-bond acceptors (Lipinski definition) is 4. The minimum Gasteiger partial charge on any atom is -0.337 e. The topological polar surface area (TPSA) is 56.8 Å². The van der Waals surface area contributed by atoms with Gasteiger partial charge in [-0.05, 0) is 24.6 Å². The van der Waals surface area contributed by atoms with Gasteiger partial charge in [-0.3, -0.25) is 5.10 Å². The quantitative estimate of drug-likeness (QED) is 0.906. The highest BCUT2D eigenvalue weighted by Gasteiger charge is 2.19. The van der Waals surface area contributed by atoms with Crippen LogP contribution in [0.4, 0.5) is 5.95 Å². The van der Waals surface area contributed by atoms with Gasteiger partial charge in [0.2, 0.25) is 5.95 Å². The summed E-state index contributed by atoms with van der Waals surface area (Å²) in [7, 11) is 0. The zero-order valence-corrected chi connectivity index (χ0v) is 12.2. The van der Waals surface area contributed by atoms with Crippen LogP contribution in [0, 0.1) is 0 Å². The van der Waals surface area contributed by atoms with Gasteiger partial charge >= 0.3 is 0 Å². The summed E-state index contributed by atoms with van der Waals surface area (Å²) in [5, 5.41) is 11.5. The Morgan fingerprint density at radius 3 is 3.15 bits per heavy atom. The van der Waals surface area contributed by atoms with Crippen LogP contribution < -0.4 is 10.2 Å². The summed E-state index contributed by atoms with van der Waals surface area (Å²) >= 11 is 5.99. The molecule has 0 bridgehead atoms. The number of rotatable bonds is 3. The average molecular weight is 292 g/mol. The Morgan fingerprint density at radius 1 is 1.45 bits per heavy atom. The smallest absolute Gasteiger partial charge is 0.244 e. The number of aromatic amines is 1. The second-order valence-electron chi connectivity index (χ2n) is 5.19. The van der Waals surface area contributed by atoms with Crippen molar-refractivity contribution in [1.82, 2.24) is 20.5 Å². The summed E-state index contributed by atoms with van der Waals surface area (Å²) in [5.41, 5.74) is 1.13. The molecule has 1 fully saturated rings. The van der Waals surface area contributed by atoms with Crippen LogP contribution >= 0.6 is 11.6 Å². The molecule has 3 rings (SSSR count). The molecule has 2 heterocycles. The molecule has 0 unspecified atom stereocenters. The number of nitrogens with one attached hydrogen (secondary N) is 2. The molecule has 0 spiro atoms. The van der Waals surface area contributed by atoms with E-state index in [1.54, 1.807) is 0 Å². The third-order valence-electron chi connectivity index (χ3n) is 3.43. The lowest BCUT2D eigenvalue weighted by molar-refractivity contribution is 0.480. The van der Waals surface area contributed by atoms with Gasteiger partial charge in [0.15, 0.2) is 0 Å². The first-order valence-electron chi connectivity index (χ1n) is 6.85. The van der Waals surface area contributed by atoms with Crippen LogP contribution in [0.25, 0.3) is 0 Å². The fourth-order valence-electron chi connectivity index (χ4n) is 2.46. The van der Waals surface area contributed by atoms with Crippen LogP contribution in [0.1, 0.15) is 18.3 Å². The van der Waals surface area contributed by atoms with Gasteiger partial charge < -0.3 is 10.2 Å². The first-order valence-corrected chi connectivity index (χ1v) is 7.22. The lowest BCUT2D eigenvalue weighted by Crippen LogP contribution is -2.49. The Labute approximate surface area is 123 Å². The number of halogens is 1. The van der Waals surface area contributed by atoms with Crippen molar-refractivity contribution in [2.75, 3.05) is 24.5 Å². The summed E-state index contributed by atoms with van der Waals surface area (Å²) in [4.78, 5) is 6.79. The number of benzene rings is 1. The largest absolute Gasteiger partial charge is 0.337 e. The Bertz CT molecular complexity index is 582. The van der Waals surface area contributed by atoms with E-state index in [0.29, 0.717) is 6.04 Å². The maximum Gasteiger partial charge on any atom is 0.244 e. The number of anilines is 1. The Balaban J connectivity index is 1.70. The first kappa shape index (κ1) is 13.4. The monoisotopic (exact) mass is 291 g/mol. The molecule has 1 saturated heterocycles. The molecule has 1 aromatic carbocycles. The Kier molecular flexibility index (Phi) is 3.89. The molecule has 1 aliphatic heterocycles. The maximum atomic E-state index is 5.99. The van der Waals surface area contributed by atoms with Gasteiger partial charge in [-0.2, -0.15) is 4.98 Å². The normalized spacial score (nSPS) is 19.3. The Morgan fingerprint density at radius 2 is 2.35 bits per heavy atom. The molecule has 1 aliphatic rings. The van der Waals surface area contributed by atoms with E-state index in [4.69, 9.17) is 11.6 Å². The van der Waals surface area contributed by atoms with Crippen LogP contribution in [0.5, 0.6) is 0 Å². The second-order valence-corrected chi connectivity index (χ2v) is 5.63. The third kappa shape index (κ3) is 3.11. The van der Waals surface area contributed by atoms with E-state index in [9.17, 15) is 0 Å². The number of aromatic nitrogens is 3. The molecule has 0 radical (unpaired) electrons. The molecule has 5 nitrogen and oxygen atoms in total. The van der Waals surface area contributed by atoms with E-state index in [2.05, 4.69) is 32.3 Å². The maximum absolute atomic E-state index is 5.99. The average Bonchev–Trinajstić information content (AvgIpc) is 2.87. The molecule has 6 heteroatoms. The number of piperazine rings is 1. The molecule has 0 amide bonds. The number of H-pyrrole nitrogens is 1. The summed E-state index contributed by atoms with van der Waals surface area (Å²) < 4.78 is 0. The van der Waals surface area contributed by atoms with Crippen molar-refractivity contribution in [3.05, 3.63) is 40.7 Å². The van der Waals surface area contributed by atoms with E-state index in [1.807, 2.05) is 24.3 Å². The summed E-state index contributed by atoms with van der Waals surface area (Å²) in [6.45, 7) is 5.03. The van der Waals surface area contributed by atoms with Crippen molar-refractivity contribution in [2.24, 2.45) is 0 Å². The highest BCUT2D eigenvalue weighted by Crippen LogP contribution is 2.15. The van der Waals surface area contributed by atoms with Crippen LogP contribution in [0.15, 0.2) is 24.3 Å². The Hall–Kier alpha value is -1.59. The van der Waals surface area contributed by atoms with E-state index in [0.717, 1.165) is 48.4 Å². The van der Waals surface area contributed by atoms with E-state index >= 15 is 0 Å². The molecule has 1 aromatic heterocycles. The minimum atomic E-state index is 0.471. The third-order valence-corrected chi connectivity index (χ3v) is 3.67. The highest BCUT2D eigenvalue weighted by molar-refractivity contribution is 6.30. The van der Waals surface area contributed by atoms with Crippen molar-refractivity contribution >= 4 is 17.5 Å². The highest BCUT2D eigenvalue weighted by atomic mass is 35.5. The standard InChI is InChI=1S/C14H18ClN5/c1-10-9-20(6-5-16-10)14-17-13(18-19-14)8-11-3-2-4-12(15)7-11/h2-4,7,10,16H,5-6,8-9H2,1H3,(H,17,18,19)/t10-/m1/s1. The molecule has 2 N–H and O–H groups in total. The van der Waals surface area contributed by atoms with Crippen LogP contribution in [-0.2, 0) is 6.42 Å². The van der Waals surface area contributed by atoms with Gasteiger partial charge in [-0.25, -0.2) is 0 Å². The zero-order valence-electron chi connectivity index (χ0n) is 11.4. The fraction of sp³-hybridized carbons (Fsp3) is 0.429. The molecule has 106 valence electrons. The van der Waals surface area contributed by atoms with Crippen molar-refractivity contribution < 1.29 is 0 Å². The van der Waals surface area contributed by atoms with Crippen LogP contribution in [-0.4, -0.2) is 40.9 Å². The van der Waals surface area contributed by atoms with Crippen LogP contribution in [0.2, 0.25) is 5.02 Å². The second kappa shape index (κ2) is 5.81. The van der Waals surface area contributed by atoms with Crippen molar-refractivity contribution in [1.29, 1.82) is 0 Å². The van der Waals surface area contributed by atoms with Gasteiger partial charge in [0.1, 0.15) is 5.82 Å². The molecular weight excluding hydrogens is 274 g/mol. The fourth-order valence-corrected chi connectivity index (χ4v) is 2.67. The number of nitrogens with zero attached hydrogens (tertiary/aromatic N) is 3. The summed E-state index contributed by atoms with van der Waals surface area (Å²) in [5.74, 6) is 1.66. The van der Waals surface area contributed by atoms with Gasteiger partial charge in [-0.1, -0.05) is 23.7 Å². The van der Waals surface area contributed by atoms with Gasteiger partial charge in [0.25, 0.3) is 0 Å². The first-order chi connectivity index (χ1) is 9.70. The van der Waals surface area contributed by atoms with Gasteiger partial charge in [-0.15, -0.1) is 5.10 Å². The molecule has 2 aromatic rings. The molecule has 1 atom stereocenters. The lowest BCUT2D eigenvalue weighted by Gasteiger charge is -2.30. The van der Waals surface area contributed by atoms with Crippen LogP contribution in [0.3, 0.4) is 0 Å². The number of hydrogen-bond donors (Lipinski definition) is 2. The van der Waals surface area contributed by atoms with Gasteiger partial charge in [0.05, 0.1) is 0 Å². The van der Waals surface area contributed by atoms with E-state index in [1.165, 1.54) is 0 Å². The van der Waals surface area contributed by atoms with E-state index < -0.39 is 0 Å². The molecule has 0 saturated carbocycles. The SMILES string of the molecule is C[C@@H]1CN(c2n[nH]c(Cc3cccc(Cl)c3)n2)CCN1. The van der Waals surface area contributed by atoms with Crippen molar-refractivity contribution in [3.63, 3.8) is 0 Å². The van der Waals surface area contributed by atoms with Crippen molar-refractivity contribution in [2.45, 2.75) is 19.4 Å². The van der Waals surface area contributed by atoms with Gasteiger partial charge in [0, 0.05) is 37.1 Å². The predicted molar refractivity (Wildman–Crippen MR) is 80.3 cm³/mol. The van der Waals surface area contributed by atoms with E-state index in [-0.39, 0.29) is 0 Å². The lowest BCUT2D eigenvalue weighted by atomic mass is 10.1. The molecule has 0 aliphatic carbocycles. The predicted octanol–water partition coefficient (Wildman–Crippen LogP) is 1.85. The minimum absolute atomic E-state index is 0.471. The zero-order chi connectivity index (χ0) is 13.9. The molecule has 20 heavy (non-hydrogen) atoms.